The normalized spacial score (nSPS) is 9.47. The zero-order chi connectivity index (χ0) is 11.7. The number of methoxy groups -OCH3 is 1. The van der Waals surface area contributed by atoms with Gasteiger partial charge in [0.2, 0.25) is 0 Å². The minimum atomic E-state index is -0.742. The van der Waals surface area contributed by atoms with Crippen LogP contribution in [0.3, 0.4) is 0 Å². The summed E-state index contributed by atoms with van der Waals surface area (Å²) in [6, 6.07) is 0. The molecule has 0 rings (SSSR count). The summed E-state index contributed by atoms with van der Waals surface area (Å²) >= 11 is 0. The van der Waals surface area contributed by atoms with Gasteiger partial charge in [0.1, 0.15) is 5.57 Å². The fourth-order valence-electron chi connectivity index (χ4n) is 0.987. The van der Waals surface area contributed by atoms with Crippen molar-refractivity contribution in [3.05, 3.63) is 12.2 Å². The first-order valence-electron chi connectivity index (χ1n) is 5.07. The highest BCUT2D eigenvalue weighted by Crippen LogP contribution is 2.02. The maximum atomic E-state index is 11.2. The monoisotopic (exact) mass is 214 g/mol. The molecule has 0 aliphatic carbocycles. The molecule has 0 unspecified atom stereocenters. The van der Waals surface area contributed by atoms with Crippen molar-refractivity contribution in [2.45, 2.75) is 32.6 Å². The molecular weight excluding hydrogens is 196 g/mol. The molecule has 0 fully saturated rings. The maximum absolute atomic E-state index is 11.2. The number of unbranched alkanes of at least 4 members (excludes halogenated alkanes) is 3. The second-order valence-corrected chi connectivity index (χ2v) is 3.17. The minimum Gasteiger partial charge on any atom is -0.465 e. The number of hydrogen-bond donors (Lipinski definition) is 0. The van der Waals surface area contributed by atoms with Gasteiger partial charge >= 0.3 is 11.9 Å². The van der Waals surface area contributed by atoms with E-state index in [1.54, 1.807) is 0 Å². The third-order valence-corrected chi connectivity index (χ3v) is 1.91. The van der Waals surface area contributed by atoms with E-state index in [-0.39, 0.29) is 5.57 Å². The summed E-state index contributed by atoms with van der Waals surface area (Å²) in [6.45, 7) is 5.72. The maximum Gasteiger partial charge on any atom is 0.344 e. The molecular formula is C11H18O4. The summed E-state index contributed by atoms with van der Waals surface area (Å²) in [7, 11) is 1.20. The molecule has 4 nitrogen and oxygen atoms in total. The predicted octanol–water partition coefficient (Wildman–Crippen LogP) is 1.84. The van der Waals surface area contributed by atoms with E-state index < -0.39 is 11.9 Å². The van der Waals surface area contributed by atoms with Gasteiger partial charge in [-0.25, -0.2) is 9.59 Å². The van der Waals surface area contributed by atoms with E-state index in [0.29, 0.717) is 6.61 Å². The molecule has 0 aliphatic heterocycles. The van der Waals surface area contributed by atoms with Crippen LogP contribution in [0.4, 0.5) is 0 Å². The van der Waals surface area contributed by atoms with E-state index in [4.69, 9.17) is 4.74 Å². The molecule has 15 heavy (non-hydrogen) atoms. The highest BCUT2D eigenvalue weighted by molar-refractivity contribution is 6.13. The van der Waals surface area contributed by atoms with Crippen LogP contribution in [0.2, 0.25) is 0 Å². The Hall–Kier alpha value is -1.32. The van der Waals surface area contributed by atoms with E-state index in [1.165, 1.54) is 7.11 Å². The van der Waals surface area contributed by atoms with E-state index in [0.717, 1.165) is 25.7 Å². The van der Waals surface area contributed by atoms with Gasteiger partial charge in [0.25, 0.3) is 0 Å². The molecule has 0 aromatic carbocycles. The van der Waals surface area contributed by atoms with Crippen LogP contribution in [0, 0.1) is 0 Å². The Balaban J connectivity index is 3.65. The van der Waals surface area contributed by atoms with Crippen LogP contribution in [0.25, 0.3) is 0 Å². The average molecular weight is 214 g/mol. The molecule has 0 amide bonds. The first kappa shape index (κ1) is 13.7. The fraction of sp³-hybridized carbons (Fsp3) is 0.636. The lowest BCUT2D eigenvalue weighted by molar-refractivity contribution is -0.145. The highest BCUT2D eigenvalue weighted by atomic mass is 16.5. The molecule has 0 aliphatic rings. The van der Waals surface area contributed by atoms with Crippen LogP contribution >= 0.6 is 0 Å². The standard InChI is InChI=1S/C11H18O4/c1-4-5-6-7-8-15-11(13)9(2)10(12)14-3/h2,4-8H2,1,3H3. The van der Waals surface area contributed by atoms with Crippen molar-refractivity contribution in [2.75, 3.05) is 13.7 Å². The second-order valence-electron chi connectivity index (χ2n) is 3.17. The molecule has 0 atom stereocenters. The summed E-state index contributed by atoms with van der Waals surface area (Å²) in [6.07, 6.45) is 4.08. The van der Waals surface area contributed by atoms with Crippen molar-refractivity contribution in [1.82, 2.24) is 0 Å². The third kappa shape index (κ3) is 5.88. The van der Waals surface area contributed by atoms with Crippen molar-refractivity contribution in [3.8, 4) is 0 Å². The smallest absolute Gasteiger partial charge is 0.344 e. The first-order chi connectivity index (χ1) is 7.13. The SMILES string of the molecule is C=C(C(=O)OC)C(=O)OCCCCCC. The average Bonchev–Trinajstić information content (AvgIpc) is 2.26. The van der Waals surface area contributed by atoms with Crippen molar-refractivity contribution < 1.29 is 19.1 Å². The van der Waals surface area contributed by atoms with E-state index in [9.17, 15) is 9.59 Å². The van der Waals surface area contributed by atoms with E-state index in [2.05, 4.69) is 18.2 Å². The van der Waals surface area contributed by atoms with Crippen LogP contribution in [0.5, 0.6) is 0 Å². The summed E-state index contributed by atoms with van der Waals surface area (Å²) in [5, 5.41) is 0. The Morgan fingerprint density at radius 2 is 1.80 bits per heavy atom. The van der Waals surface area contributed by atoms with Crippen LogP contribution < -0.4 is 0 Å². The lowest BCUT2D eigenvalue weighted by Gasteiger charge is -2.05. The van der Waals surface area contributed by atoms with Crippen molar-refractivity contribution in [2.24, 2.45) is 0 Å². The van der Waals surface area contributed by atoms with Gasteiger partial charge in [0.15, 0.2) is 0 Å². The van der Waals surface area contributed by atoms with Crippen LogP contribution in [-0.4, -0.2) is 25.7 Å². The van der Waals surface area contributed by atoms with Gasteiger partial charge < -0.3 is 9.47 Å². The van der Waals surface area contributed by atoms with Crippen LogP contribution in [0.1, 0.15) is 32.6 Å². The number of rotatable bonds is 7. The van der Waals surface area contributed by atoms with Gasteiger partial charge in [-0.2, -0.15) is 0 Å². The molecule has 0 saturated heterocycles. The van der Waals surface area contributed by atoms with Crippen LogP contribution in [0.15, 0.2) is 12.2 Å². The number of ether oxygens (including phenoxy) is 2. The van der Waals surface area contributed by atoms with Crippen molar-refractivity contribution in [3.63, 3.8) is 0 Å². The van der Waals surface area contributed by atoms with Crippen molar-refractivity contribution in [1.29, 1.82) is 0 Å². The lowest BCUT2D eigenvalue weighted by atomic mass is 10.2. The second kappa shape index (κ2) is 8.03. The Bertz CT molecular complexity index is 233. The summed E-state index contributed by atoms with van der Waals surface area (Å²) < 4.78 is 9.17. The number of hydrogen-bond acceptors (Lipinski definition) is 4. The Morgan fingerprint density at radius 3 is 2.33 bits per heavy atom. The molecule has 0 spiro atoms. The zero-order valence-electron chi connectivity index (χ0n) is 9.38. The highest BCUT2D eigenvalue weighted by Gasteiger charge is 2.16. The minimum absolute atomic E-state index is 0.256. The van der Waals surface area contributed by atoms with Gasteiger partial charge in [0, 0.05) is 0 Å². The Kier molecular flexibility index (Phi) is 7.32. The molecule has 4 heteroatoms. The van der Waals surface area contributed by atoms with Gasteiger partial charge in [-0.3, -0.25) is 0 Å². The molecule has 86 valence electrons. The van der Waals surface area contributed by atoms with Gasteiger partial charge in [0.05, 0.1) is 13.7 Å². The zero-order valence-corrected chi connectivity index (χ0v) is 9.38. The quantitative estimate of drug-likeness (QED) is 0.213. The molecule has 0 radical (unpaired) electrons. The molecule has 0 aromatic rings. The van der Waals surface area contributed by atoms with E-state index in [1.807, 2.05) is 0 Å². The summed E-state index contributed by atoms with van der Waals surface area (Å²) in [4.78, 5) is 22.0. The Morgan fingerprint density at radius 1 is 1.13 bits per heavy atom. The van der Waals surface area contributed by atoms with Crippen LogP contribution in [-0.2, 0) is 19.1 Å². The van der Waals surface area contributed by atoms with E-state index >= 15 is 0 Å². The molecule has 0 saturated carbocycles. The van der Waals surface area contributed by atoms with Gasteiger partial charge in [-0.15, -0.1) is 0 Å². The largest absolute Gasteiger partial charge is 0.465 e. The van der Waals surface area contributed by atoms with Gasteiger partial charge in [-0.1, -0.05) is 32.8 Å². The molecule has 0 bridgehead atoms. The van der Waals surface area contributed by atoms with Crippen molar-refractivity contribution >= 4 is 11.9 Å². The number of carbonyl (C=O) groups is 2. The summed E-state index contributed by atoms with van der Waals surface area (Å²) in [5.41, 5.74) is -0.256. The fourth-order valence-corrected chi connectivity index (χ4v) is 0.987. The molecule has 0 heterocycles. The Labute approximate surface area is 90.2 Å². The predicted molar refractivity (Wildman–Crippen MR) is 56.3 cm³/mol. The van der Waals surface area contributed by atoms with Gasteiger partial charge in [-0.05, 0) is 6.42 Å². The number of esters is 2. The topological polar surface area (TPSA) is 52.6 Å². The molecule has 0 N–H and O–H groups in total. The summed E-state index contributed by atoms with van der Waals surface area (Å²) in [5.74, 6) is -1.44. The third-order valence-electron chi connectivity index (χ3n) is 1.91. The first-order valence-corrected chi connectivity index (χ1v) is 5.07. The lowest BCUT2D eigenvalue weighted by Crippen LogP contribution is -2.16. The molecule has 0 aromatic heterocycles. The number of carbonyl (C=O) groups excluding carboxylic acids is 2.